The molecule has 0 saturated carbocycles. The van der Waals surface area contributed by atoms with Gasteiger partial charge in [0.1, 0.15) is 23.1 Å². The summed E-state index contributed by atoms with van der Waals surface area (Å²) in [5.74, 6) is 1.19. The molecule has 2 aromatic rings. The summed E-state index contributed by atoms with van der Waals surface area (Å²) < 4.78 is 5.71. The predicted molar refractivity (Wildman–Crippen MR) is 72.2 cm³/mol. The SMILES string of the molecule is Cc1ccc(Oc2cccc(Cl)c2C#N)cc1C. The zero-order valence-electron chi connectivity index (χ0n) is 10.2. The maximum absolute atomic E-state index is 9.06. The first-order chi connectivity index (χ1) is 8.61. The molecule has 3 heteroatoms. The second-order valence-corrected chi connectivity index (χ2v) is 4.48. The molecule has 0 fully saturated rings. The van der Waals surface area contributed by atoms with Crippen LogP contribution in [0.1, 0.15) is 16.7 Å². The number of rotatable bonds is 2. The fourth-order valence-electron chi connectivity index (χ4n) is 1.60. The van der Waals surface area contributed by atoms with Gasteiger partial charge in [0.05, 0.1) is 5.02 Å². The topological polar surface area (TPSA) is 33.0 Å². The van der Waals surface area contributed by atoms with Gasteiger partial charge in [-0.1, -0.05) is 23.7 Å². The predicted octanol–water partition coefficient (Wildman–Crippen LogP) is 4.62. The fourth-order valence-corrected chi connectivity index (χ4v) is 1.81. The van der Waals surface area contributed by atoms with Crippen molar-refractivity contribution < 1.29 is 4.74 Å². The Labute approximate surface area is 111 Å². The van der Waals surface area contributed by atoms with Crippen molar-refractivity contribution in [2.45, 2.75) is 13.8 Å². The highest BCUT2D eigenvalue weighted by molar-refractivity contribution is 6.31. The molecule has 0 N–H and O–H groups in total. The summed E-state index contributed by atoms with van der Waals surface area (Å²) in [5.41, 5.74) is 2.71. The Morgan fingerprint density at radius 2 is 1.89 bits per heavy atom. The number of hydrogen-bond acceptors (Lipinski definition) is 2. The number of hydrogen-bond donors (Lipinski definition) is 0. The van der Waals surface area contributed by atoms with E-state index in [2.05, 4.69) is 6.07 Å². The van der Waals surface area contributed by atoms with E-state index in [-0.39, 0.29) is 0 Å². The quantitative estimate of drug-likeness (QED) is 0.786. The maximum atomic E-state index is 9.06. The van der Waals surface area contributed by atoms with E-state index in [0.717, 1.165) is 5.56 Å². The van der Waals surface area contributed by atoms with Crippen molar-refractivity contribution in [2.75, 3.05) is 0 Å². The van der Waals surface area contributed by atoms with Gasteiger partial charge >= 0.3 is 0 Å². The number of benzene rings is 2. The lowest BCUT2D eigenvalue weighted by atomic mass is 10.1. The highest BCUT2D eigenvalue weighted by Gasteiger charge is 2.08. The Morgan fingerprint density at radius 3 is 2.56 bits per heavy atom. The Balaban J connectivity index is 2.37. The number of ether oxygens (including phenoxy) is 1. The van der Waals surface area contributed by atoms with Gasteiger partial charge in [0, 0.05) is 0 Å². The summed E-state index contributed by atoms with van der Waals surface area (Å²) in [4.78, 5) is 0. The molecule has 0 heterocycles. The average molecular weight is 258 g/mol. The Bertz CT molecular complexity index is 629. The third-order valence-electron chi connectivity index (χ3n) is 2.79. The van der Waals surface area contributed by atoms with Crippen LogP contribution in [0.15, 0.2) is 36.4 Å². The summed E-state index contributed by atoms with van der Waals surface area (Å²) in [5, 5.41) is 9.46. The zero-order valence-corrected chi connectivity index (χ0v) is 11.0. The van der Waals surface area contributed by atoms with Crippen molar-refractivity contribution in [1.29, 1.82) is 5.26 Å². The highest BCUT2D eigenvalue weighted by Crippen LogP contribution is 2.30. The first-order valence-corrected chi connectivity index (χ1v) is 5.93. The standard InChI is InChI=1S/C15H12ClNO/c1-10-6-7-12(8-11(10)2)18-15-5-3-4-14(16)13(15)9-17/h3-8H,1-2H3. The van der Waals surface area contributed by atoms with Crippen molar-refractivity contribution in [1.82, 2.24) is 0 Å². The molecule has 0 aliphatic rings. The van der Waals surface area contributed by atoms with Gasteiger partial charge in [0.15, 0.2) is 0 Å². The van der Waals surface area contributed by atoms with Gasteiger partial charge in [-0.2, -0.15) is 5.26 Å². The maximum Gasteiger partial charge on any atom is 0.146 e. The summed E-state index contributed by atoms with van der Waals surface area (Å²) in [6.45, 7) is 4.06. The summed E-state index contributed by atoms with van der Waals surface area (Å²) in [6.07, 6.45) is 0. The molecule has 90 valence electrons. The number of nitrogens with zero attached hydrogens (tertiary/aromatic N) is 1. The van der Waals surface area contributed by atoms with Crippen LogP contribution in [-0.2, 0) is 0 Å². The molecular weight excluding hydrogens is 246 g/mol. The molecular formula is C15H12ClNO. The molecule has 2 nitrogen and oxygen atoms in total. The number of nitriles is 1. The molecule has 0 radical (unpaired) electrons. The molecule has 18 heavy (non-hydrogen) atoms. The molecule has 2 rings (SSSR count). The van der Waals surface area contributed by atoms with E-state index < -0.39 is 0 Å². The van der Waals surface area contributed by atoms with E-state index in [9.17, 15) is 0 Å². The number of aryl methyl sites for hydroxylation is 2. The van der Waals surface area contributed by atoms with Crippen molar-refractivity contribution in [2.24, 2.45) is 0 Å². The van der Waals surface area contributed by atoms with Crippen LogP contribution in [0.3, 0.4) is 0 Å². The van der Waals surface area contributed by atoms with Crippen LogP contribution in [0.5, 0.6) is 11.5 Å². The molecule has 0 atom stereocenters. The minimum Gasteiger partial charge on any atom is -0.456 e. The first kappa shape index (κ1) is 12.5. The van der Waals surface area contributed by atoms with E-state index in [1.807, 2.05) is 32.0 Å². The Hall–Kier alpha value is -1.98. The number of halogens is 1. The third kappa shape index (κ3) is 2.47. The van der Waals surface area contributed by atoms with Gasteiger partial charge < -0.3 is 4.74 Å². The van der Waals surface area contributed by atoms with Crippen molar-refractivity contribution >= 4 is 11.6 Å². The van der Waals surface area contributed by atoms with Crippen LogP contribution in [0.25, 0.3) is 0 Å². The summed E-state index contributed by atoms with van der Waals surface area (Å²) in [6, 6.07) is 13.0. The molecule has 0 spiro atoms. The summed E-state index contributed by atoms with van der Waals surface area (Å²) in [7, 11) is 0. The van der Waals surface area contributed by atoms with Crippen LogP contribution in [0, 0.1) is 25.2 Å². The lowest BCUT2D eigenvalue weighted by molar-refractivity contribution is 0.480. The molecule has 0 aliphatic heterocycles. The van der Waals surface area contributed by atoms with Crippen LogP contribution < -0.4 is 4.74 Å². The minimum atomic E-state index is 0.359. The molecule has 0 aliphatic carbocycles. The molecule has 0 amide bonds. The largest absolute Gasteiger partial charge is 0.456 e. The third-order valence-corrected chi connectivity index (χ3v) is 3.11. The van der Waals surface area contributed by atoms with Crippen LogP contribution in [0.2, 0.25) is 5.02 Å². The lowest BCUT2D eigenvalue weighted by Gasteiger charge is -2.09. The average Bonchev–Trinajstić information content (AvgIpc) is 2.34. The smallest absolute Gasteiger partial charge is 0.146 e. The Morgan fingerprint density at radius 1 is 1.11 bits per heavy atom. The van der Waals surface area contributed by atoms with Crippen molar-refractivity contribution in [3.05, 3.63) is 58.1 Å². The first-order valence-electron chi connectivity index (χ1n) is 5.55. The van der Waals surface area contributed by atoms with Crippen molar-refractivity contribution in [3.8, 4) is 17.6 Å². The Kier molecular flexibility index (Phi) is 3.55. The van der Waals surface area contributed by atoms with E-state index in [4.69, 9.17) is 21.6 Å². The van der Waals surface area contributed by atoms with Crippen LogP contribution in [-0.4, -0.2) is 0 Å². The second kappa shape index (κ2) is 5.12. The molecule has 0 bridgehead atoms. The lowest BCUT2D eigenvalue weighted by Crippen LogP contribution is -1.90. The van der Waals surface area contributed by atoms with Crippen LogP contribution in [0.4, 0.5) is 0 Å². The summed E-state index contributed by atoms with van der Waals surface area (Å²) >= 11 is 5.95. The normalized spacial score (nSPS) is 9.89. The fraction of sp³-hybridized carbons (Fsp3) is 0.133. The van der Waals surface area contributed by atoms with Gasteiger partial charge in [0.2, 0.25) is 0 Å². The highest BCUT2D eigenvalue weighted by atomic mass is 35.5. The minimum absolute atomic E-state index is 0.359. The molecule has 2 aromatic carbocycles. The van der Waals surface area contributed by atoms with Gasteiger partial charge in [0.25, 0.3) is 0 Å². The molecule has 0 aromatic heterocycles. The van der Waals surface area contributed by atoms with Gasteiger partial charge in [-0.15, -0.1) is 0 Å². The van der Waals surface area contributed by atoms with Gasteiger partial charge in [-0.3, -0.25) is 0 Å². The van der Waals surface area contributed by atoms with E-state index in [1.54, 1.807) is 18.2 Å². The van der Waals surface area contributed by atoms with E-state index in [1.165, 1.54) is 5.56 Å². The zero-order chi connectivity index (χ0) is 13.1. The molecule has 0 saturated heterocycles. The van der Waals surface area contributed by atoms with E-state index in [0.29, 0.717) is 22.1 Å². The van der Waals surface area contributed by atoms with Crippen molar-refractivity contribution in [3.63, 3.8) is 0 Å². The second-order valence-electron chi connectivity index (χ2n) is 4.07. The monoisotopic (exact) mass is 257 g/mol. The van der Waals surface area contributed by atoms with Gasteiger partial charge in [-0.05, 0) is 49.2 Å². The van der Waals surface area contributed by atoms with E-state index >= 15 is 0 Å². The molecule has 0 unspecified atom stereocenters. The van der Waals surface area contributed by atoms with Crippen LogP contribution >= 0.6 is 11.6 Å². The van der Waals surface area contributed by atoms with Gasteiger partial charge in [-0.25, -0.2) is 0 Å².